The molecular weight excluding hydrogens is 236 g/mol. The molecule has 0 bridgehead atoms. The zero-order valence-electron chi connectivity index (χ0n) is 10.9. The highest BCUT2D eigenvalue weighted by Gasteiger charge is 2.04. The third kappa shape index (κ3) is 2.60. The molecule has 0 unspecified atom stereocenters. The van der Waals surface area contributed by atoms with E-state index in [1.807, 2.05) is 6.07 Å². The molecule has 1 heterocycles. The van der Waals surface area contributed by atoms with Gasteiger partial charge in [0.1, 0.15) is 11.6 Å². The molecule has 0 amide bonds. The fraction of sp³-hybridized carbons (Fsp3) is 0.188. The van der Waals surface area contributed by atoms with E-state index in [4.69, 9.17) is 0 Å². The standard InChI is InChI=1S/C16H16N2O/c1-11-3-2-4-12(9-11)5-8-16-17-14-7-6-13(19)10-15(14)18-16/h2-4,6-7,9-10,19H,5,8H2,1H3,(H,17,18). The molecule has 0 aliphatic carbocycles. The average Bonchev–Trinajstić information content (AvgIpc) is 2.78. The molecule has 3 heteroatoms. The lowest BCUT2D eigenvalue weighted by Crippen LogP contribution is -1.93. The van der Waals surface area contributed by atoms with Gasteiger partial charge in [0.25, 0.3) is 0 Å². The Morgan fingerprint density at radius 3 is 2.84 bits per heavy atom. The normalized spacial score (nSPS) is 11.0. The number of rotatable bonds is 3. The minimum Gasteiger partial charge on any atom is -0.508 e. The van der Waals surface area contributed by atoms with E-state index in [1.54, 1.807) is 12.1 Å². The van der Waals surface area contributed by atoms with Crippen molar-refractivity contribution < 1.29 is 5.11 Å². The second-order valence-corrected chi connectivity index (χ2v) is 4.87. The molecule has 19 heavy (non-hydrogen) atoms. The SMILES string of the molecule is Cc1cccc(CCc2nc3ccc(O)cc3[nH]2)c1. The second kappa shape index (κ2) is 4.76. The van der Waals surface area contributed by atoms with Crippen LogP contribution in [0.5, 0.6) is 5.75 Å². The monoisotopic (exact) mass is 252 g/mol. The minimum atomic E-state index is 0.265. The van der Waals surface area contributed by atoms with Crippen molar-refractivity contribution >= 4 is 11.0 Å². The summed E-state index contributed by atoms with van der Waals surface area (Å²) in [5.41, 5.74) is 4.40. The summed E-state index contributed by atoms with van der Waals surface area (Å²) in [6.07, 6.45) is 1.84. The first-order valence-corrected chi connectivity index (χ1v) is 6.44. The summed E-state index contributed by atoms with van der Waals surface area (Å²) in [6.45, 7) is 2.10. The number of benzene rings is 2. The van der Waals surface area contributed by atoms with Crippen LogP contribution in [-0.2, 0) is 12.8 Å². The highest BCUT2D eigenvalue weighted by molar-refractivity contribution is 5.76. The van der Waals surface area contributed by atoms with Gasteiger partial charge in [-0.05, 0) is 31.0 Å². The summed E-state index contributed by atoms with van der Waals surface area (Å²) in [7, 11) is 0. The number of hydrogen-bond donors (Lipinski definition) is 2. The van der Waals surface area contributed by atoms with Crippen LogP contribution in [0.4, 0.5) is 0 Å². The van der Waals surface area contributed by atoms with E-state index < -0.39 is 0 Å². The van der Waals surface area contributed by atoms with Crippen molar-refractivity contribution in [2.45, 2.75) is 19.8 Å². The van der Waals surface area contributed by atoms with Crippen LogP contribution in [0.25, 0.3) is 11.0 Å². The summed E-state index contributed by atoms with van der Waals surface area (Å²) in [6, 6.07) is 13.7. The highest BCUT2D eigenvalue weighted by Crippen LogP contribution is 2.18. The number of H-pyrrole nitrogens is 1. The number of hydrogen-bond acceptors (Lipinski definition) is 2. The van der Waals surface area contributed by atoms with Gasteiger partial charge < -0.3 is 10.1 Å². The number of nitrogens with one attached hydrogen (secondary N) is 1. The van der Waals surface area contributed by atoms with E-state index >= 15 is 0 Å². The predicted octanol–water partition coefficient (Wildman–Crippen LogP) is 3.36. The van der Waals surface area contributed by atoms with E-state index in [2.05, 4.69) is 41.2 Å². The molecule has 0 radical (unpaired) electrons. The fourth-order valence-corrected chi connectivity index (χ4v) is 2.30. The molecule has 0 saturated carbocycles. The molecule has 0 fully saturated rings. The molecule has 0 saturated heterocycles. The zero-order valence-corrected chi connectivity index (χ0v) is 10.9. The molecule has 0 aliphatic heterocycles. The summed E-state index contributed by atoms with van der Waals surface area (Å²) in [5.74, 6) is 1.23. The maximum absolute atomic E-state index is 9.43. The number of fused-ring (bicyclic) bond motifs is 1. The van der Waals surface area contributed by atoms with Crippen LogP contribution in [0.15, 0.2) is 42.5 Å². The summed E-state index contributed by atoms with van der Waals surface area (Å²) >= 11 is 0. The Bertz CT molecular complexity index is 716. The van der Waals surface area contributed by atoms with Crippen LogP contribution in [-0.4, -0.2) is 15.1 Å². The average molecular weight is 252 g/mol. The number of phenolic OH excluding ortho intramolecular Hbond substituents is 1. The van der Waals surface area contributed by atoms with Crippen LogP contribution < -0.4 is 0 Å². The van der Waals surface area contributed by atoms with E-state index in [-0.39, 0.29) is 5.75 Å². The van der Waals surface area contributed by atoms with Crippen molar-refractivity contribution in [2.24, 2.45) is 0 Å². The van der Waals surface area contributed by atoms with Gasteiger partial charge in [0.05, 0.1) is 11.0 Å². The summed E-state index contributed by atoms with van der Waals surface area (Å²) in [4.78, 5) is 7.77. The number of aromatic amines is 1. The van der Waals surface area contributed by atoms with Crippen molar-refractivity contribution in [3.8, 4) is 5.75 Å². The third-order valence-electron chi connectivity index (χ3n) is 3.25. The van der Waals surface area contributed by atoms with Crippen LogP contribution >= 0.6 is 0 Å². The van der Waals surface area contributed by atoms with E-state index in [0.29, 0.717) is 0 Å². The van der Waals surface area contributed by atoms with E-state index in [1.165, 1.54) is 11.1 Å². The van der Waals surface area contributed by atoms with Crippen molar-refractivity contribution in [1.82, 2.24) is 9.97 Å². The molecule has 3 nitrogen and oxygen atoms in total. The number of aryl methyl sites for hydroxylation is 3. The number of nitrogens with zero attached hydrogens (tertiary/aromatic N) is 1. The minimum absolute atomic E-state index is 0.265. The van der Waals surface area contributed by atoms with Gasteiger partial charge >= 0.3 is 0 Å². The Balaban J connectivity index is 1.78. The van der Waals surface area contributed by atoms with Gasteiger partial charge in [-0.15, -0.1) is 0 Å². The molecule has 0 spiro atoms. The van der Waals surface area contributed by atoms with Gasteiger partial charge in [-0.3, -0.25) is 0 Å². The Morgan fingerprint density at radius 2 is 2.00 bits per heavy atom. The Kier molecular flexibility index (Phi) is 2.95. The molecule has 96 valence electrons. The van der Waals surface area contributed by atoms with Crippen LogP contribution in [0.1, 0.15) is 17.0 Å². The smallest absolute Gasteiger partial charge is 0.117 e. The van der Waals surface area contributed by atoms with E-state index in [9.17, 15) is 5.11 Å². The van der Waals surface area contributed by atoms with Crippen LogP contribution in [0.3, 0.4) is 0 Å². The maximum Gasteiger partial charge on any atom is 0.117 e. The summed E-state index contributed by atoms with van der Waals surface area (Å²) in [5, 5.41) is 9.43. The van der Waals surface area contributed by atoms with Crippen molar-refractivity contribution in [3.05, 3.63) is 59.4 Å². The maximum atomic E-state index is 9.43. The lowest BCUT2D eigenvalue weighted by Gasteiger charge is -2.00. The molecule has 0 atom stereocenters. The first-order valence-electron chi connectivity index (χ1n) is 6.44. The molecule has 0 aliphatic rings. The molecule has 2 N–H and O–H groups in total. The highest BCUT2D eigenvalue weighted by atomic mass is 16.3. The fourth-order valence-electron chi connectivity index (χ4n) is 2.30. The van der Waals surface area contributed by atoms with Crippen molar-refractivity contribution in [3.63, 3.8) is 0 Å². The molecule has 3 rings (SSSR count). The molecular formula is C16H16N2O. The first kappa shape index (κ1) is 11.8. The van der Waals surface area contributed by atoms with Gasteiger partial charge in [0, 0.05) is 12.5 Å². The number of aromatic hydroxyl groups is 1. The third-order valence-corrected chi connectivity index (χ3v) is 3.25. The first-order chi connectivity index (χ1) is 9.20. The predicted molar refractivity (Wildman–Crippen MR) is 76.3 cm³/mol. The lowest BCUT2D eigenvalue weighted by molar-refractivity contribution is 0.476. The molecule has 2 aromatic carbocycles. The lowest BCUT2D eigenvalue weighted by atomic mass is 10.1. The van der Waals surface area contributed by atoms with Crippen molar-refractivity contribution in [1.29, 1.82) is 0 Å². The number of aromatic nitrogens is 2. The summed E-state index contributed by atoms with van der Waals surface area (Å²) < 4.78 is 0. The topological polar surface area (TPSA) is 48.9 Å². The second-order valence-electron chi connectivity index (χ2n) is 4.87. The van der Waals surface area contributed by atoms with Gasteiger partial charge in [-0.2, -0.15) is 0 Å². The number of imidazole rings is 1. The van der Waals surface area contributed by atoms with Gasteiger partial charge in [-0.25, -0.2) is 4.98 Å². The van der Waals surface area contributed by atoms with Gasteiger partial charge in [0.15, 0.2) is 0 Å². The molecule has 3 aromatic rings. The Hall–Kier alpha value is -2.29. The van der Waals surface area contributed by atoms with E-state index in [0.717, 1.165) is 29.7 Å². The Morgan fingerprint density at radius 1 is 1.11 bits per heavy atom. The van der Waals surface area contributed by atoms with Gasteiger partial charge in [0.2, 0.25) is 0 Å². The van der Waals surface area contributed by atoms with Crippen molar-refractivity contribution in [2.75, 3.05) is 0 Å². The quantitative estimate of drug-likeness (QED) is 0.751. The zero-order chi connectivity index (χ0) is 13.2. The number of phenols is 1. The Labute approximate surface area is 111 Å². The molecule has 1 aromatic heterocycles. The van der Waals surface area contributed by atoms with Gasteiger partial charge in [-0.1, -0.05) is 29.8 Å². The van der Waals surface area contributed by atoms with Crippen LogP contribution in [0.2, 0.25) is 0 Å². The largest absolute Gasteiger partial charge is 0.508 e. The van der Waals surface area contributed by atoms with Crippen LogP contribution in [0, 0.1) is 6.92 Å².